The number of hydrogen-bond acceptors (Lipinski definition) is 5. The lowest BCUT2D eigenvalue weighted by molar-refractivity contribution is -0.0495. The molecule has 2 fully saturated rings. The van der Waals surface area contributed by atoms with Gasteiger partial charge in [0, 0.05) is 31.5 Å². The molecule has 2 aliphatic rings. The summed E-state index contributed by atoms with van der Waals surface area (Å²) in [6.45, 7) is 3.09. The fourth-order valence-corrected chi connectivity index (χ4v) is 4.25. The van der Waals surface area contributed by atoms with Crippen LogP contribution in [0.3, 0.4) is 0 Å². The van der Waals surface area contributed by atoms with Gasteiger partial charge in [-0.05, 0) is 25.0 Å². The van der Waals surface area contributed by atoms with Crippen molar-refractivity contribution in [1.29, 1.82) is 0 Å². The standard InChI is InChI=1S/C19H25N3O3/c23-17-7-3-5-14(17)16-12-25-11-10-22(16)9-8-18-20-15-6-2-1-4-13(15)19(24)21-18/h1-2,4,6,14,16-17,23H,3,5,7-12H2,(H,20,21,24). The molecule has 0 amide bonds. The van der Waals surface area contributed by atoms with Crippen molar-refractivity contribution in [1.82, 2.24) is 14.9 Å². The third-order valence-electron chi connectivity index (χ3n) is 5.60. The van der Waals surface area contributed by atoms with Gasteiger partial charge in [0.25, 0.3) is 5.56 Å². The van der Waals surface area contributed by atoms with E-state index in [1.54, 1.807) is 6.07 Å². The van der Waals surface area contributed by atoms with Gasteiger partial charge >= 0.3 is 0 Å². The zero-order valence-electron chi connectivity index (χ0n) is 14.4. The number of nitrogens with zero attached hydrogens (tertiary/aromatic N) is 2. The Morgan fingerprint density at radius 2 is 2.20 bits per heavy atom. The van der Waals surface area contributed by atoms with E-state index in [1.165, 1.54) is 0 Å². The van der Waals surface area contributed by atoms with Crippen molar-refractivity contribution >= 4 is 10.9 Å². The second-order valence-corrected chi connectivity index (χ2v) is 7.12. The topological polar surface area (TPSA) is 78.5 Å². The van der Waals surface area contributed by atoms with E-state index in [-0.39, 0.29) is 17.7 Å². The number of para-hydroxylation sites is 1. The highest BCUT2D eigenvalue weighted by Crippen LogP contribution is 2.32. The summed E-state index contributed by atoms with van der Waals surface area (Å²) in [5.41, 5.74) is 0.663. The molecular weight excluding hydrogens is 318 g/mol. The lowest BCUT2D eigenvalue weighted by Crippen LogP contribution is -2.51. The quantitative estimate of drug-likeness (QED) is 0.876. The summed E-state index contributed by atoms with van der Waals surface area (Å²) >= 11 is 0. The van der Waals surface area contributed by atoms with Crippen LogP contribution in [0.2, 0.25) is 0 Å². The van der Waals surface area contributed by atoms with Gasteiger partial charge in [-0.2, -0.15) is 0 Å². The maximum absolute atomic E-state index is 12.2. The third-order valence-corrected chi connectivity index (χ3v) is 5.60. The molecule has 0 spiro atoms. The number of aromatic amines is 1. The molecule has 0 radical (unpaired) electrons. The normalized spacial score (nSPS) is 27.8. The molecule has 3 unspecified atom stereocenters. The Kier molecular flexibility index (Phi) is 4.83. The van der Waals surface area contributed by atoms with Gasteiger partial charge in [0.15, 0.2) is 0 Å². The number of benzene rings is 1. The lowest BCUT2D eigenvalue weighted by Gasteiger charge is -2.40. The largest absolute Gasteiger partial charge is 0.393 e. The molecule has 1 aliphatic carbocycles. The Morgan fingerprint density at radius 1 is 1.32 bits per heavy atom. The summed E-state index contributed by atoms with van der Waals surface area (Å²) in [6, 6.07) is 7.69. The van der Waals surface area contributed by atoms with Gasteiger partial charge in [-0.15, -0.1) is 0 Å². The molecule has 6 nitrogen and oxygen atoms in total. The highest BCUT2D eigenvalue weighted by molar-refractivity contribution is 5.77. The van der Waals surface area contributed by atoms with Crippen molar-refractivity contribution < 1.29 is 9.84 Å². The van der Waals surface area contributed by atoms with Crippen LogP contribution in [-0.4, -0.2) is 58.4 Å². The lowest BCUT2D eigenvalue weighted by atomic mass is 9.94. The number of H-pyrrole nitrogens is 1. The first-order valence-electron chi connectivity index (χ1n) is 9.20. The first-order chi connectivity index (χ1) is 12.2. The predicted molar refractivity (Wildman–Crippen MR) is 95.6 cm³/mol. The van der Waals surface area contributed by atoms with E-state index in [9.17, 15) is 9.90 Å². The molecule has 1 saturated heterocycles. The molecule has 1 saturated carbocycles. The van der Waals surface area contributed by atoms with Gasteiger partial charge in [0.2, 0.25) is 0 Å². The van der Waals surface area contributed by atoms with Gasteiger partial charge in [-0.25, -0.2) is 4.98 Å². The van der Waals surface area contributed by atoms with Crippen LogP contribution in [0.1, 0.15) is 25.1 Å². The van der Waals surface area contributed by atoms with Crippen LogP contribution in [0.5, 0.6) is 0 Å². The van der Waals surface area contributed by atoms with Crippen molar-refractivity contribution in [2.45, 2.75) is 37.8 Å². The van der Waals surface area contributed by atoms with E-state index < -0.39 is 0 Å². The number of fused-ring (bicyclic) bond motifs is 1. The van der Waals surface area contributed by atoms with Gasteiger partial charge in [0.05, 0.1) is 30.2 Å². The van der Waals surface area contributed by atoms with E-state index >= 15 is 0 Å². The third kappa shape index (κ3) is 3.47. The van der Waals surface area contributed by atoms with Crippen molar-refractivity contribution in [3.8, 4) is 0 Å². The van der Waals surface area contributed by atoms with Crippen molar-refractivity contribution in [3.05, 3.63) is 40.4 Å². The number of hydrogen-bond donors (Lipinski definition) is 2. The first kappa shape index (κ1) is 16.7. The molecule has 1 aromatic heterocycles. The Bertz CT molecular complexity index is 791. The highest BCUT2D eigenvalue weighted by atomic mass is 16.5. The Balaban J connectivity index is 1.48. The number of aromatic nitrogens is 2. The molecule has 134 valence electrons. The summed E-state index contributed by atoms with van der Waals surface area (Å²) < 4.78 is 5.68. The zero-order valence-corrected chi connectivity index (χ0v) is 14.4. The fraction of sp³-hybridized carbons (Fsp3) is 0.579. The Morgan fingerprint density at radius 3 is 3.04 bits per heavy atom. The first-order valence-corrected chi connectivity index (χ1v) is 9.20. The van der Waals surface area contributed by atoms with E-state index in [4.69, 9.17) is 4.74 Å². The Hall–Kier alpha value is -1.76. The van der Waals surface area contributed by atoms with Crippen LogP contribution in [0.4, 0.5) is 0 Å². The molecule has 2 N–H and O–H groups in total. The molecule has 2 aromatic rings. The number of morpholine rings is 1. The van der Waals surface area contributed by atoms with Crippen molar-refractivity contribution in [2.24, 2.45) is 5.92 Å². The molecule has 25 heavy (non-hydrogen) atoms. The summed E-state index contributed by atoms with van der Waals surface area (Å²) in [6.07, 6.45) is 3.54. The van der Waals surface area contributed by atoms with Gasteiger partial charge in [-0.1, -0.05) is 18.6 Å². The summed E-state index contributed by atoms with van der Waals surface area (Å²) in [5, 5.41) is 10.9. The molecule has 3 atom stereocenters. The van der Waals surface area contributed by atoms with Gasteiger partial charge in [0.1, 0.15) is 5.82 Å². The van der Waals surface area contributed by atoms with Crippen LogP contribution in [0.25, 0.3) is 10.9 Å². The molecule has 4 rings (SSSR count). The zero-order chi connectivity index (χ0) is 17.2. The number of ether oxygens (including phenoxy) is 1. The second kappa shape index (κ2) is 7.23. The van der Waals surface area contributed by atoms with Crippen LogP contribution in [-0.2, 0) is 11.2 Å². The molecule has 2 heterocycles. The second-order valence-electron chi connectivity index (χ2n) is 7.12. The minimum atomic E-state index is -0.215. The number of aliphatic hydroxyl groups is 1. The molecular formula is C19H25N3O3. The molecule has 0 bridgehead atoms. The van der Waals surface area contributed by atoms with Gasteiger partial charge in [-0.3, -0.25) is 9.69 Å². The Labute approximate surface area is 146 Å². The molecule has 1 aliphatic heterocycles. The minimum Gasteiger partial charge on any atom is -0.393 e. The summed E-state index contributed by atoms with van der Waals surface area (Å²) in [5.74, 6) is 1.02. The maximum Gasteiger partial charge on any atom is 0.258 e. The van der Waals surface area contributed by atoms with Crippen LogP contribution in [0.15, 0.2) is 29.1 Å². The van der Waals surface area contributed by atoms with Crippen LogP contribution in [0, 0.1) is 5.92 Å². The van der Waals surface area contributed by atoms with Crippen molar-refractivity contribution in [3.63, 3.8) is 0 Å². The number of nitrogens with one attached hydrogen (secondary N) is 1. The van der Waals surface area contributed by atoms with Crippen LogP contribution < -0.4 is 5.56 Å². The van der Waals surface area contributed by atoms with E-state index in [0.717, 1.165) is 50.3 Å². The number of rotatable bonds is 4. The monoisotopic (exact) mass is 343 g/mol. The van der Waals surface area contributed by atoms with Crippen LogP contribution >= 0.6 is 0 Å². The average molecular weight is 343 g/mol. The van der Waals surface area contributed by atoms with E-state index in [1.807, 2.05) is 18.2 Å². The van der Waals surface area contributed by atoms with E-state index in [2.05, 4.69) is 14.9 Å². The molecule has 1 aromatic carbocycles. The maximum atomic E-state index is 12.2. The minimum absolute atomic E-state index is 0.0784. The molecule has 6 heteroatoms. The average Bonchev–Trinajstić information content (AvgIpc) is 3.06. The SMILES string of the molecule is O=c1[nH]c(CCN2CCOCC2C2CCCC2O)nc2ccccc12. The summed E-state index contributed by atoms with van der Waals surface area (Å²) in [4.78, 5) is 22.1. The van der Waals surface area contributed by atoms with E-state index in [0.29, 0.717) is 24.3 Å². The van der Waals surface area contributed by atoms with Gasteiger partial charge < -0.3 is 14.8 Å². The highest BCUT2D eigenvalue weighted by Gasteiger charge is 2.37. The fourth-order valence-electron chi connectivity index (χ4n) is 4.25. The smallest absolute Gasteiger partial charge is 0.258 e. The predicted octanol–water partition coefficient (Wildman–Crippen LogP) is 1.33. The van der Waals surface area contributed by atoms with Crippen molar-refractivity contribution in [2.75, 3.05) is 26.3 Å². The summed E-state index contributed by atoms with van der Waals surface area (Å²) in [7, 11) is 0. The number of aliphatic hydroxyl groups excluding tert-OH is 1.